The van der Waals surface area contributed by atoms with Gasteiger partial charge in [0.05, 0.1) is 12.7 Å². The molecule has 0 saturated heterocycles. The quantitative estimate of drug-likeness (QED) is 0.182. The maximum absolute atomic E-state index is 15.1. The largest absolute Gasteiger partial charge is 0.504 e. The third-order valence-electron chi connectivity index (χ3n) is 11.8. The Morgan fingerprint density at radius 1 is 1.00 bits per heavy atom. The van der Waals surface area contributed by atoms with E-state index in [1.54, 1.807) is 12.1 Å². The van der Waals surface area contributed by atoms with Crippen molar-refractivity contribution in [1.82, 2.24) is 0 Å². The summed E-state index contributed by atoms with van der Waals surface area (Å²) in [7, 11) is 1.49. The van der Waals surface area contributed by atoms with E-state index < -0.39 is 5.41 Å². The molecule has 226 valence electrons. The normalized spacial score (nSPS) is 32.0. The molecule has 0 aromatic heterocycles. The molecule has 0 bridgehead atoms. The molecule has 5 atom stereocenters. The predicted molar refractivity (Wildman–Crippen MR) is 170 cm³/mol. The van der Waals surface area contributed by atoms with Crippen molar-refractivity contribution in [3.05, 3.63) is 69.9 Å². The first-order valence-corrected chi connectivity index (χ1v) is 15.8. The Hall–Kier alpha value is -2.88. The van der Waals surface area contributed by atoms with Crippen LogP contribution in [0.2, 0.25) is 0 Å². The molecular weight excluding hydrogens is 520 g/mol. The fourth-order valence-corrected chi connectivity index (χ4v) is 9.86. The van der Waals surface area contributed by atoms with Gasteiger partial charge in [0.1, 0.15) is 0 Å². The van der Waals surface area contributed by atoms with Gasteiger partial charge >= 0.3 is 0 Å². The highest BCUT2D eigenvalue weighted by atomic mass is 16.5. The molecule has 4 aliphatic carbocycles. The average molecular weight is 571 g/mol. The zero-order valence-corrected chi connectivity index (χ0v) is 27.2. The number of phenols is 1. The van der Waals surface area contributed by atoms with Crippen LogP contribution in [0.4, 0.5) is 0 Å². The Morgan fingerprint density at radius 3 is 2.24 bits per heavy atom. The second kappa shape index (κ2) is 10.4. The summed E-state index contributed by atoms with van der Waals surface area (Å²) in [5.74, 6) is 0.813. The Balaban J connectivity index is 1.72. The van der Waals surface area contributed by atoms with Crippen LogP contribution in [0, 0.1) is 33.5 Å². The maximum atomic E-state index is 15.1. The smallest absolute Gasteiger partial charge is 0.196 e. The Kier molecular flexibility index (Phi) is 7.56. The van der Waals surface area contributed by atoms with Gasteiger partial charge in [-0.15, -0.1) is 0 Å². The first-order valence-electron chi connectivity index (χ1n) is 15.8. The van der Waals surface area contributed by atoms with E-state index in [2.05, 4.69) is 73.6 Å². The molecule has 1 spiro atoms. The number of rotatable bonds is 9. The van der Waals surface area contributed by atoms with Gasteiger partial charge in [0.2, 0.25) is 0 Å². The van der Waals surface area contributed by atoms with Crippen LogP contribution in [0.15, 0.2) is 64.3 Å². The monoisotopic (exact) mass is 570 g/mol. The topological polar surface area (TPSA) is 63.6 Å². The minimum absolute atomic E-state index is 0.0382. The second-order valence-corrected chi connectivity index (χ2v) is 15.0. The zero-order chi connectivity index (χ0) is 30.8. The standard InChI is InChI=1S/C38H50O4/c1-23(2)10-11-26-12-14-28-31(32(40)27-13-15-30(42-9)29(39)20-27)33(41)38(19-17-25(5)6)34-36(28,21-26)22-37(34,35(38,7)8)18-16-24(3)4/h10,13,15-17,20,26,34,39H,11-12,14,18-19,21-22H2,1-9H3/t26-,34?,36?,37+,38?/m1/s1. The Bertz CT molecular complexity index is 1440. The van der Waals surface area contributed by atoms with E-state index in [-0.39, 0.29) is 39.5 Å². The summed E-state index contributed by atoms with van der Waals surface area (Å²) in [6.45, 7) is 17.5. The summed E-state index contributed by atoms with van der Waals surface area (Å²) in [5, 5.41) is 10.6. The minimum atomic E-state index is -0.626. The van der Waals surface area contributed by atoms with Gasteiger partial charge in [0, 0.05) is 11.0 Å². The van der Waals surface area contributed by atoms with Gasteiger partial charge in [0.25, 0.3) is 0 Å². The lowest BCUT2D eigenvalue weighted by Gasteiger charge is -2.88. The number of allylic oxidation sites excluding steroid dienone is 8. The fraction of sp³-hybridized carbons (Fsp3) is 0.579. The molecule has 0 heterocycles. The number of phenolic OH excluding ortho intramolecular Hbond substituents is 1. The number of Topliss-reactive ketones (excluding diaryl/α,β-unsaturated/α-hetero) is 2. The van der Waals surface area contributed by atoms with Gasteiger partial charge < -0.3 is 9.84 Å². The number of hydrogen-bond donors (Lipinski definition) is 1. The molecular formula is C38H50O4. The van der Waals surface area contributed by atoms with Crippen molar-refractivity contribution in [2.45, 2.75) is 100 Å². The van der Waals surface area contributed by atoms with Crippen LogP contribution in [0.3, 0.4) is 0 Å². The van der Waals surface area contributed by atoms with E-state index in [0.717, 1.165) is 44.1 Å². The SMILES string of the molecule is COc1ccc(C(=O)C2=C3CC[C@@H](CC=C(C)C)CC34C[C@@]3(CC=C(C)C)C4C(CC=C(C)C)(C2=O)C3(C)C)cc1O. The molecule has 0 radical (unpaired) electrons. The summed E-state index contributed by atoms with van der Waals surface area (Å²) in [4.78, 5) is 29.6. The lowest BCUT2D eigenvalue weighted by Crippen LogP contribution is -2.86. The third-order valence-corrected chi connectivity index (χ3v) is 11.8. The number of aromatic hydroxyl groups is 1. The van der Waals surface area contributed by atoms with Crippen molar-refractivity contribution < 1.29 is 19.4 Å². The minimum Gasteiger partial charge on any atom is -0.504 e. The van der Waals surface area contributed by atoms with Crippen molar-refractivity contribution >= 4 is 11.6 Å². The zero-order valence-electron chi connectivity index (χ0n) is 27.2. The molecule has 5 rings (SSSR count). The predicted octanol–water partition coefficient (Wildman–Crippen LogP) is 9.35. The van der Waals surface area contributed by atoms with E-state index in [4.69, 9.17) is 4.74 Å². The molecule has 1 aromatic carbocycles. The highest BCUT2D eigenvalue weighted by Gasteiger charge is 2.89. The molecule has 1 N–H and O–H groups in total. The summed E-state index contributed by atoms with van der Waals surface area (Å²) >= 11 is 0. The molecule has 0 amide bonds. The molecule has 0 aliphatic heterocycles. The van der Waals surface area contributed by atoms with Crippen molar-refractivity contribution in [2.24, 2.45) is 33.5 Å². The van der Waals surface area contributed by atoms with Crippen molar-refractivity contribution in [3.8, 4) is 11.5 Å². The van der Waals surface area contributed by atoms with E-state index in [0.29, 0.717) is 29.2 Å². The Labute approximate surface area is 253 Å². The van der Waals surface area contributed by atoms with Gasteiger partial charge in [-0.25, -0.2) is 0 Å². The van der Waals surface area contributed by atoms with Gasteiger partial charge in [0.15, 0.2) is 23.1 Å². The summed E-state index contributed by atoms with van der Waals surface area (Å²) < 4.78 is 5.24. The number of carbonyl (C=O) groups excluding carboxylic acids is 2. The number of benzene rings is 1. The van der Waals surface area contributed by atoms with Crippen LogP contribution < -0.4 is 4.74 Å². The van der Waals surface area contributed by atoms with Gasteiger partial charge in [-0.05, 0) is 138 Å². The van der Waals surface area contributed by atoms with Crippen LogP contribution in [0.25, 0.3) is 0 Å². The van der Waals surface area contributed by atoms with Gasteiger partial charge in [-0.2, -0.15) is 0 Å². The molecule has 1 aromatic rings. The lowest BCUT2D eigenvalue weighted by atomic mass is 9.14. The molecule has 42 heavy (non-hydrogen) atoms. The average Bonchev–Trinajstić information content (AvgIpc) is 2.91. The molecule has 3 saturated carbocycles. The molecule has 3 unspecified atom stereocenters. The van der Waals surface area contributed by atoms with Crippen molar-refractivity contribution in [3.63, 3.8) is 0 Å². The van der Waals surface area contributed by atoms with Crippen LogP contribution in [0.1, 0.15) is 111 Å². The van der Waals surface area contributed by atoms with E-state index >= 15 is 4.79 Å². The van der Waals surface area contributed by atoms with Gasteiger partial charge in [-0.1, -0.05) is 48.8 Å². The van der Waals surface area contributed by atoms with E-state index in [1.165, 1.54) is 29.9 Å². The number of ketones is 2. The van der Waals surface area contributed by atoms with Crippen molar-refractivity contribution in [1.29, 1.82) is 0 Å². The Morgan fingerprint density at radius 2 is 1.64 bits per heavy atom. The van der Waals surface area contributed by atoms with Crippen LogP contribution in [0.5, 0.6) is 11.5 Å². The van der Waals surface area contributed by atoms with Crippen LogP contribution >= 0.6 is 0 Å². The van der Waals surface area contributed by atoms with Gasteiger partial charge in [-0.3, -0.25) is 9.59 Å². The highest BCUT2D eigenvalue weighted by molar-refractivity contribution is 6.29. The highest BCUT2D eigenvalue weighted by Crippen LogP contribution is 2.92. The molecule has 3 fully saturated rings. The van der Waals surface area contributed by atoms with Crippen molar-refractivity contribution in [2.75, 3.05) is 7.11 Å². The number of carbonyl (C=O) groups is 2. The summed E-state index contributed by atoms with van der Waals surface area (Å²) in [5.41, 5.74) is 4.78. The molecule has 4 aliphatic rings. The van der Waals surface area contributed by atoms with E-state index in [1.807, 2.05) is 0 Å². The van der Waals surface area contributed by atoms with Crippen LogP contribution in [-0.2, 0) is 4.79 Å². The lowest BCUT2D eigenvalue weighted by molar-refractivity contribution is -0.366. The maximum Gasteiger partial charge on any atom is 0.196 e. The molecule has 4 nitrogen and oxygen atoms in total. The summed E-state index contributed by atoms with van der Waals surface area (Å²) in [6, 6.07) is 4.78. The number of ether oxygens (including phenoxy) is 1. The summed E-state index contributed by atoms with van der Waals surface area (Å²) in [6.07, 6.45) is 13.6. The first-order chi connectivity index (χ1) is 19.7. The first kappa shape index (κ1) is 30.6. The van der Waals surface area contributed by atoms with E-state index in [9.17, 15) is 9.90 Å². The van der Waals surface area contributed by atoms with Crippen LogP contribution in [-0.4, -0.2) is 23.8 Å². The fourth-order valence-electron chi connectivity index (χ4n) is 9.86. The number of methoxy groups -OCH3 is 1. The number of hydrogen-bond acceptors (Lipinski definition) is 4. The molecule has 4 heteroatoms. The second-order valence-electron chi connectivity index (χ2n) is 15.0. The third kappa shape index (κ3) is 4.07.